The number of aliphatic carboxylic acids is 1. The number of nitrogens with one attached hydrogen (secondary N) is 2. The van der Waals surface area contributed by atoms with Crippen molar-refractivity contribution in [1.29, 1.82) is 0 Å². The zero-order valence-electron chi connectivity index (χ0n) is 38.0. The molecular formula is C37H33CuN9O23S7. The summed E-state index contributed by atoms with van der Waals surface area (Å²) >= 11 is 1.18. The topological polar surface area (TPSA) is 483 Å². The number of hydrogen-bond acceptors (Lipinski definition) is 31. The Hall–Kier alpha value is -5.99. The number of fused-ring (bicyclic) bond motifs is 1. The van der Waals surface area contributed by atoms with Crippen molar-refractivity contribution in [2.45, 2.75) is 36.6 Å². The number of carboxylic acids is 1. The second-order valence-corrected chi connectivity index (χ2v) is 22.7. The summed E-state index contributed by atoms with van der Waals surface area (Å²) in [7, 11) is -18.2. The van der Waals surface area contributed by atoms with Gasteiger partial charge in [-0.25, -0.2) is 23.1 Å². The zero-order chi connectivity index (χ0) is 55.8. The molecule has 0 unspecified atom stereocenters. The summed E-state index contributed by atoms with van der Waals surface area (Å²) in [5.41, 5.74) is -1.46. The molecule has 1 aromatic heterocycles. The molecule has 0 aliphatic rings. The van der Waals surface area contributed by atoms with Crippen LogP contribution >= 0.6 is 35.8 Å². The van der Waals surface area contributed by atoms with Gasteiger partial charge in [0.1, 0.15) is 38.4 Å². The van der Waals surface area contributed by atoms with E-state index in [0.717, 1.165) is 55.6 Å². The van der Waals surface area contributed by atoms with E-state index in [0.29, 0.717) is 23.8 Å². The van der Waals surface area contributed by atoms with Crippen molar-refractivity contribution in [1.82, 2.24) is 15.0 Å². The molecule has 417 valence electrons. The normalized spacial score (nSPS) is 12.3. The van der Waals surface area contributed by atoms with Crippen LogP contribution in [0.5, 0.6) is 17.2 Å². The first kappa shape index (κ1) is 61.9. The van der Waals surface area contributed by atoms with Crippen LogP contribution < -0.4 is 15.4 Å². The van der Waals surface area contributed by atoms with Gasteiger partial charge in [0, 0.05) is 44.9 Å². The first-order valence-corrected chi connectivity index (χ1v) is 28.1. The van der Waals surface area contributed by atoms with Crippen LogP contribution in [0.15, 0.2) is 117 Å². The van der Waals surface area contributed by atoms with Gasteiger partial charge in [-0.3, -0.25) is 18.5 Å². The van der Waals surface area contributed by atoms with Gasteiger partial charge in [-0.15, -0.1) is 24.0 Å². The van der Waals surface area contributed by atoms with Crippen molar-refractivity contribution in [3.05, 3.63) is 72.3 Å². The van der Waals surface area contributed by atoms with E-state index in [1.54, 1.807) is 0 Å². The number of phenols is 2. The van der Waals surface area contributed by atoms with Gasteiger partial charge in [0.15, 0.2) is 20.7 Å². The molecule has 0 aliphatic heterocycles. The Labute approximate surface area is 456 Å². The number of carbonyl (C=O) groups is 1. The second kappa shape index (κ2) is 26.1. The number of phenolic OH excluding ortho intramolecular Hbond substituents is 2. The average Bonchev–Trinajstić information content (AvgIpc) is 3.33. The molecule has 0 spiro atoms. The maximum Gasteiger partial charge on any atom is 0.397 e. The monoisotopic (exact) mass is 1260 g/mol. The molecule has 6 rings (SSSR count). The third kappa shape index (κ3) is 16.5. The number of rotatable bonds is 25. The van der Waals surface area contributed by atoms with Crippen LogP contribution in [0.4, 0.5) is 46.0 Å². The van der Waals surface area contributed by atoms with Crippen LogP contribution in [-0.2, 0) is 85.3 Å². The molecule has 0 fully saturated rings. The number of benzene rings is 5. The van der Waals surface area contributed by atoms with E-state index in [4.69, 9.17) is 19.8 Å². The fourth-order valence-corrected chi connectivity index (χ4v) is 10.6. The molecule has 77 heavy (non-hydrogen) atoms. The number of anilines is 4. The quantitative estimate of drug-likeness (QED) is 0.00515. The Kier molecular flexibility index (Phi) is 21.0. The predicted molar refractivity (Wildman–Crippen MR) is 261 cm³/mol. The van der Waals surface area contributed by atoms with Gasteiger partial charge in [0.2, 0.25) is 11.9 Å². The van der Waals surface area contributed by atoms with Crippen LogP contribution in [0.1, 0.15) is 5.56 Å². The summed E-state index contributed by atoms with van der Waals surface area (Å²) in [6.45, 7) is 0.548. The molecule has 10 N–H and O–H groups in total. The SMILES string of the molecule is COc1cc(S(=O)(=O)CCOS(=O)(=O)O)ccc1Nc1nc(Nc2ccc3c(O)c(N=Nc4cc(C)c(N=Nc5cc(SOOO)ccc5S(=O)(=O)O)cc4O)c(SOOO)cc3c2S(=O)(=O)O)nc(SCC(=O)O)n1.[Cu]. The number of aromatic hydroxyl groups is 2. The molecular weight excluding hydrogens is 1230 g/mol. The molecule has 0 atom stereocenters. The number of aryl methyl sites for hydroxylation is 1. The Bertz CT molecular complexity index is 3750. The number of methoxy groups -OCH3 is 1. The molecule has 32 nitrogen and oxygen atoms in total. The van der Waals surface area contributed by atoms with E-state index in [9.17, 15) is 62.9 Å². The summed E-state index contributed by atoms with van der Waals surface area (Å²) in [5, 5.41) is 76.6. The summed E-state index contributed by atoms with van der Waals surface area (Å²) < 4.78 is 145. The first-order valence-electron chi connectivity index (χ1n) is 19.8. The van der Waals surface area contributed by atoms with E-state index in [2.05, 4.69) is 69.0 Å². The summed E-state index contributed by atoms with van der Waals surface area (Å²) in [5.74, 6) is -5.23. The first-order chi connectivity index (χ1) is 35.7. The Morgan fingerprint density at radius 1 is 0.714 bits per heavy atom. The van der Waals surface area contributed by atoms with Crippen LogP contribution in [-0.4, -0.2) is 119 Å². The van der Waals surface area contributed by atoms with Crippen molar-refractivity contribution in [3.63, 3.8) is 0 Å². The minimum atomic E-state index is -5.34. The third-order valence-electron chi connectivity index (χ3n) is 9.33. The molecule has 5 aromatic carbocycles. The van der Waals surface area contributed by atoms with E-state index < -0.39 is 114 Å². The zero-order valence-corrected chi connectivity index (χ0v) is 44.6. The van der Waals surface area contributed by atoms with Gasteiger partial charge in [-0.05, 0) is 67.1 Å². The molecule has 6 aromatic rings. The van der Waals surface area contributed by atoms with Gasteiger partial charge in [0.05, 0.1) is 76.2 Å². The van der Waals surface area contributed by atoms with E-state index in [1.165, 1.54) is 25.1 Å². The molecule has 0 saturated heterocycles. The number of sulfone groups is 1. The van der Waals surface area contributed by atoms with E-state index in [-0.39, 0.29) is 88.7 Å². The Balaban J connectivity index is 0.0000109. The standard InChI is InChI=1S/C37H33N9O23S7.Cu/c1-17-11-25(27(47)15-24(17)43-45-26-12-18(71-68-66-51)3-8-30(26)74(55,56)57)44-46-32-29(72-69-67-52)14-21-20(33(32)50)5-7-23(34(21)75(58,59)60)39-36-40-35(41-37(42-36)70-16-31(48)49)38-22-6-4-19(13-28(22)64-2)73(53,54)10-9-65-76(61,62)63;/h3-8,11-15,47,50-52H,9-10,16H2,1-2H3,(H,48,49)(H,55,56,57)(H,58,59,60)(H,61,62,63)(H2,38,39,40,41,42);. The molecule has 0 amide bonds. The van der Waals surface area contributed by atoms with Crippen LogP contribution in [0.2, 0.25) is 0 Å². The fraction of sp³-hybridized carbons (Fsp3) is 0.135. The number of ether oxygens (including phenoxy) is 1. The number of nitrogens with zero attached hydrogens (tertiary/aromatic N) is 7. The number of thioether (sulfide) groups is 1. The third-order valence-corrected chi connectivity index (χ3v) is 15.4. The van der Waals surface area contributed by atoms with Crippen molar-refractivity contribution >= 4 is 139 Å². The Morgan fingerprint density at radius 2 is 1.35 bits per heavy atom. The number of hydrogen-bond donors (Lipinski definition) is 10. The second-order valence-electron chi connectivity index (χ2n) is 14.3. The summed E-state index contributed by atoms with van der Waals surface area (Å²) in [6.07, 6.45) is 0. The Morgan fingerprint density at radius 3 is 1.97 bits per heavy atom. The van der Waals surface area contributed by atoms with Gasteiger partial charge < -0.3 is 30.7 Å². The number of carboxylic acid groups (broad SMARTS) is 1. The van der Waals surface area contributed by atoms with Crippen LogP contribution in [0.3, 0.4) is 0 Å². The maximum absolute atomic E-state index is 13.2. The van der Waals surface area contributed by atoms with Crippen molar-refractivity contribution in [3.8, 4) is 17.2 Å². The minimum absolute atomic E-state index is 0. The smallest absolute Gasteiger partial charge is 0.397 e. The molecule has 0 bridgehead atoms. The molecule has 1 radical (unpaired) electrons. The average molecular weight is 1260 g/mol. The predicted octanol–water partition coefficient (Wildman–Crippen LogP) is 7.19. The summed E-state index contributed by atoms with van der Waals surface area (Å²) in [6, 6.07) is 12.0. The maximum atomic E-state index is 13.2. The summed E-state index contributed by atoms with van der Waals surface area (Å²) in [4.78, 5) is 21.8. The van der Waals surface area contributed by atoms with Crippen molar-refractivity contribution in [2.24, 2.45) is 20.5 Å². The minimum Gasteiger partial charge on any atom is -0.506 e. The number of azo groups is 2. The van der Waals surface area contributed by atoms with Crippen molar-refractivity contribution in [2.75, 3.05) is 35.9 Å². The van der Waals surface area contributed by atoms with Gasteiger partial charge in [0.25, 0.3) is 20.2 Å². The van der Waals surface area contributed by atoms with E-state index in [1.807, 2.05) is 0 Å². The molecule has 1 heterocycles. The number of aromatic nitrogens is 3. The molecule has 0 saturated carbocycles. The van der Waals surface area contributed by atoms with Crippen LogP contribution in [0.25, 0.3) is 10.8 Å². The van der Waals surface area contributed by atoms with E-state index >= 15 is 0 Å². The largest absolute Gasteiger partial charge is 0.506 e. The van der Waals surface area contributed by atoms with Gasteiger partial charge in [-0.1, -0.05) is 21.8 Å². The van der Waals surface area contributed by atoms with Gasteiger partial charge in [-0.2, -0.15) is 45.3 Å². The molecule has 0 aliphatic carbocycles. The fourth-order valence-electron chi connectivity index (χ4n) is 6.19. The van der Waals surface area contributed by atoms with Gasteiger partial charge >= 0.3 is 16.4 Å². The van der Waals surface area contributed by atoms with Crippen molar-refractivity contribution < 1.29 is 123 Å². The van der Waals surface area contributed by atoms with Crippen LogP contribution in [0, 0.1) is 6.92 Å². The molecule has 40 heteroatoms.